The molecular formula is C13H20N6O4. The molecule has 2 heterocycles. The van der Waals surface area contributed by atoms with Crippen molar-refractivity contribution < 1.29 is 14.3 Å². The maximum Gasteiger partial charge on any atom is 0.371 e. The summed E-state index contributed by atoms with van der Waals surface area (Å²) in [7, 11) is 0. The number of carbonyl (C=O) groups excluding carboxylic acids is 1. The molecule has 0 amide bonds. The van der Waals surface area contributed by atoms with Crippen LogP contribution in [0.4, 0.5) is 5.95 Å². The molecule has 0 radical (unpaired) electrons. The van der Waals surface area contributed by atoms with E-state index in [9.17, 15) is 9.59 Å². The van der Waals surface area contributed by atoms with E-state index in [-0.39, 0.29) is 31.7 Å². The smallest absolute Gasteiger partial charge is 0.371 e. The molecule has 126 valence electrons. The first-order valence-corrected chi connectivity index (χ1v) is 7.12. The van der Waals surface area contributed by atoms with Crippen molar-refractivity contribution in [3.05, 3.63) is 22.2 Å². The zero-order valence-electron chi connectivity index (χ0n) is 13.0. The van der Waals surface area contributed by atoms with E-state index in [0.717, 1.165) is 4.52 Å². The number of ether oxygens (including phenoxy) is 2. The van der Waals surface area contributed by atoms with E-state index < -0.39 is 17.7 Å². The largest absolute Gasteiger partial charge is 0.462 e. The number of aromatic nitrogens is 4. The van der Waals surface area contributed by atoms with Crippen LogP contribution in [0.3, 0.4) is 0 Å². The molecule has 1 atom stereocenters. The lowest BCUT2D eigenvalue weighted by Crippen LogP contribution is -2.37. The van der Waals surface area contributed by atoms with Crippen molar-refractivity contribution in [2.45, 2.75) is 26.5 Å². The van der Waals surface area contributed by atoms with Gasteiger partial charge in [-0.05, 0) is 5.92 Å². The number of aromatic amines is 1. The first kappa shape index (κ1) is 16.9. The zero-order chi connectivity index (χ0) is 17.0. The zero-order valence-corrected chi connectivity index (χ0v) is 13.0. The van der Waals surface area contributed by atoms with Gasteiger partial charge in [0, 0.05) is 11.8 Å². The summed E-state index contributed by atoms with van der Waals surface area (Å²) in [5.74, 6) is -0.548. The maximum atomic E-state index is 11.6. The Kier molecular flexibility index (Phi) is 5.29. The number of esters is 1. The molecule has 0 bridgehead atoms. The van der Waals surface area contributed by atoms with Gasteiger partial charge < -0.3 is 20.9 Å². The number of nitrogens with two attached hydrogens (primary N) is 2. The van der Waals surface area contributed by atoms with Crippen LogP contribution in [0.15, 0.2) is 11.0 Å². The van der Waals surface area contributed by atoms with Gasteiger partial charge in [-0.2, -0.15) is 14.5 Å². The third-order valence-corrected chi connectivity index (χ3v) is 3.21. The van der Waals surface area contributed by atoms with Crippen molar-refractivity contribution in [2.75, 3.05) is 18.9 Å². The summed E-state index contributed by atoms with van der Waals surface area (Å²) >= 11 is 0. The predicted octanol–water partition coefficient (Wildman–Crippen LogP) is -0.957. The number of nitrogens with one attached hydrogen (secondary N) is 1. The van der Waals surface area contributed by atoms with Crippen molar-refractivity contribution in [1.29, 1.82) is 0 Å². The van der Waals surface area contributed by atoms with Gasteiger partial charge in [0.1, 0.15) is 12.6 Å². The van der Waals surface area contributed by atoms with Gasteiger partial charge in [-0.1, -0.05) is 13.8 Å². The highest BCUT2D eigenvalue weighted by atomic mass is 16.6. The van der Waals surface area contributed by atoms with Gasteiger partial charge in [-0.25, -0.2) is 4.79 Å². The molecule has 10 heteroatoms. The van der Waals surface area contributed by atoms with Gasteiger partial charge in [0.15, 0.2) is 5.65 Å². The molecule has 5 N–H and O–H groups in total. The fraction of sp³-hybridized carbons (Fsp3) is 0.538. The number of H-pyrrole nitrogens is 1. The number of hydrogen-bond donors (Lipinski definition) is 3. The minimum Gasteiger partial charge on any atom is -0.462 e. The number of anilines is 1. The average Bonchev–Trinajstić information content (AvgIpc) is 2.89. The molecule has 2 aromatic heterocycles. The standard InChI is InChI=1S/C13H20N6O4/c1-7(2)9(14)11(20)23-4-3-22-6-8-5-16-19-10(8)17-12(15)18-13(19)21/h5,7,9,16H,3-4,6,14H2,1-2H3,(H2,15,18,21)/t9-/m0/s1. The van der Waals surface area contributed by atoms with Crippen LogP contribution in [-0.4, -0.2) is 44.8 Å². The Hall–Kier alpha value is -2.46. The molecule has 0 spiro atoms. The number of carbonyl (C=O) groups is 1. The predicted molar refractivity (Wildman–Crippen MR) is 81.4 cm³/mol. The van der Waals surface area contributed by atoms with Crippen LogP contribution in [0.1, 0.15) is 19.4 Å². The Balaban J connectivity index is 1.84. The van der Waals surface area contributed by atoms with E-state index in [1.807, 2.05) is 13.8 Å². The monoisotopic (exact) mass is 324 g/mol. The van der Waals surface area contributed by atoms with Gasteiger partial charge in [0.25, 0.3) is 0 Å². The fourth-order valence-corrected chi connectivity index (χ4v) is 1.82. The lowest BCUT2D eigenvalue weighted by Gasteiger charge is -2.14. The maximum absolute atomic E-state index is 11.6. The molecule has 2 rings (SSSR count). The van der Waals surface area contributed by atoms with Crippen LogP contribution in [0.2, 0.25) is 0 Å². The van der Waals surface area contributed by atoms with Crippen LogP contribution in [0, 0.1) is 5.92 Å². The van der Waals surface area contributed by atoms with Crippen LogP contribution >= 0.6 is 0 Å². The molecule has 0 fully saturated rings. The Bertz CT molecular complexity index is 738. The van der Waals surface area contributed by atoms with Gasteiger partial charge in [0.05, 0.1) is 13.2 Å². The van der Waals surface area contributed by atoms with Crippen molar-refractivity contribution in [3.63, 3.8) is 0 Å². The van der Waals surface area contributed by atoms with E-state index in [0.29, 0.717) is 11.2 Å². The van der Waals surface area contributed by atoms with Crippen LogP contribution < -0.4 is 17.2 Å². The lowest BCUT2D eigenvalue weighted by molar-refractivity contribution is -0.147. The summed E-state index contributed by atoms with van der Waals surface area (Å²) in [5.41, 5.74) is 11.6. The number of nitrogens with zero attached hydrogens (tertiary/aromatic N) is 3. The van der Waals surface area contributed by atoms with Crippen molar-refractivity contribution in [3.8, 4) is 0 Å². The minimum atomic E-state index is -0.643. The van der Waals surface area contributed by atoms with E-state index in [1.54, 1.807) is 6.20 Å². The van der Waals surface area contributed by atoms with Gasteiger partial charge in [-0.3, -0.25) is 9.89 Å². The summed E-state index contributed by atoms with van der Waals surface area (Å²) in [4.78, 5) is 30.6. The summed E-state index contributed by atoms with van der Waals surface area (Å²) in [5, 5.41) is 2.71. The van der Waals surface area contributed by atoms with E-state index in [1.165, 1.54) is 0 Å². The second-order valence-electron chi connectivity index (χ2n) is 5.31. The van der Waals surface area contributed by atoms with Crippen LogP contribution in [0.5, 0.6) is 0 Å². The van der Waals surface area contributed by atoms with Gasteiger partial charge >= 0.3 is 11.7 Å². The summed E-state index contributed by atoms with van der Waals surface area (Å²) in [6, 6.07) is -0.643. The Morgan fingerprint density at radius 1 is 1.39 bits per heavy atom. The summed E-state index contributed by atoms with van der Waals surface area (Å²) in [6.45, 7) is 4.15. The van der Waals surface area contributed by atoms with Gasteiger partial charge in [0.2, 0.25) is 5.95 Å². The molecule has 0 aliphatic rings. The van der Waals surface area contributed by atoms with Crippen molar-refractivity contribution >= 4 is 17.6 Å². The third kappa shape index (κ3) is 4.05. The highest BCUT2D eigenvalue weighted by molar-refractivity contribution is 5.75. The van der Waals surface area contributed by atoms with E-state index in [4.69, 9.17) is 20.9 Å². The van der Waals surface area contributed by atoms with Gasteiger partial charge in [-0.15, -0.1) is 0 Å². The molecule has 2 aromatic rings. The number of fused-ring (bicyclic) bond motifs is 1. The molecule has 0 aromatic carbocycles. The molecule has 23 heavy (non-hydrogen) atoms. The average molecular weight is 324 g/mol. The molecular weight excluding hydrogens is 304 g/mol. The Morgan fingerprint density at radius 3 is 2.83 bits per heavy atom. The highest BCUT2D eigenvalue weighted by Crippen LogP contribution is 2.08. The van der Waals surface area contributed by atoms with E-state index >= 15 is 0 Å². The minimum absolute atomic E-state index is 0.0121. The first-order chi connectivity index (χ1) is 10.9. The molecule has 0 unspecified atom stereocenters. The summed E-state index contributed by atoms with van der Waals surface area (Å²) < 4.78 is 11.6. The second kappa shape index (κ2) is 7.20. The SMILES string of the molecule is CC(C)[C@H](N)C(=O)OCCOCc1c[nH]n2c(=O)nc(N)nc12. The second-order valence-corrected chi connectivity index (χ2v) is 5.31. The Labute approximate surface area is 131 Å². The summed E-state index contributed by atoms with van der Waals surface area (Å²) in [6.07, 6.45) is 1.57. The topological polar surface area (TPSA) is 151 Å². The molecule has 0 saturated carbocycles. The molecule has 10 nitrogen and oxygen atoms in total. The van der Waals surface area contributed by atoms with Crippen LogP contribution in [-0.2, 0) is 20.9 Å². The number of rotatable bonds is 7. The molecule has 0 aliphatic heterocycles. The van der Waals surface area contributed by atoms with E-state index in [2.05, 4.69) is 15.1 Å². The Morgan fingerprint density at radius 2 is 2.13 bits per heavy atom. The highest BCUT2D eigenvalue weighted by Gasteiger charge is 2.18. The van der Waals surface area contributed by atoms with Crippen molar-refractivity contribution in [2.24, 2.45) is 11.7 Å². The quantitative estimate of drug-likeness (QED) is 0.435. The van der Waals surface area contributed by atoms with Crippen molar-refractivity contribution in [1.82, 2.24) is 19.6 Å². The third-order valence-electron chi connectivity index (χ3n) is 3.21. The normalized spacial score (nSPS) is 12.7. The lowest BCUT2D eigenvalue weighted by atomic mass is 10.1. The number of nitrogen functional groups attached to an aromatic ring is 1. The fourth-order valence-electron chi connectivity index (χ4n) is 1.82. The van der Waals surface area contributed by atoms with Crippen LogP contribution in [0.25, 0.3) is 5.65 Å². The molecule has 0 saturated heterocycles. The number of hydrogen-bond acceptors (Lipinski definition) is 8. The molecule has 0 aliphatic carbocycles. The first-order valence-electron chi connectivity index (χ1n) is 7.12.